The van der Waals surface area contributed by atoms with Crippen LogP contribution in [0.5, 0.6) is 0 Å². The molecule has 0 aliphatic rings. The Morgan fingerprint density at radius 2 is 2.27 bits per heavy atom. The van der Waals surface area contributed by atoms with Gasteiger partial charge in [0.1, 0.15) is 9.84 Å². The first-order chi connectivity index (χ1) is 7.07. The molecule has 15 heavy (non-hydrogen) atoms. The van der Waals surface area contributed by atoms with Gasteiger partial charge >= 0.3 is 0 Å². The molecule has 1 aromatic heterocycles. The summed E-state index contributed by atoms with van der Waals surface area (Å²) in [7, 11) is -2.88. The average molecular weight is 232 g/mol. The predicted octanol–water partition coefficient (Wildman–Crippen LogP) is 0.200. The topological polar surface area (TPSA) is 72.2 Å². The Hall–Kier alpha value is -0.880. The van der Waals surface area contributed by atoms with E-state index >= 15 is 0 Å². The second kappa shape index (κ2) is 5.27. The third-order valence-corrected chi connectivity index (χ3v) is 3.94. The Morgan fingerprint density at radius 1 is 1.53 bits per heavy atom. The van der Waals surface area contributed by atoms with Crippen LogP contribution in [0.25, 0.3) is 0 Å². The summed E-state index contributed by atoms with van der Waals surface area (Å²) in [5, 5.41) is 12.8. The third kappa shape index (κ3) is 4.01. The normalized spacial score (nSPS) is 11.9. The molecule has 0 saturated heterocycles. The first-order valence-electron chi connectivity index (χ1n) is 4.90. The maximum atomic E-state index is 11.2. The minimum absolute atomic E-state index is 0.0345. The van der Waals surface area contributed by atoms with Gasteiger partial charge in [-0.1, -0.05) is 6.92 Å². The minimum Gasteiger partial charge on any atom is -0.392 e. The molecule has 0 atom stereocenters. The molecule has 86 valence electrons. The Labute approximate surface area is 89.6 Å². The number of rotatable bonds is 6. The number of aliphatic hydroxyl groups is 1. The molecule has 0 aliphatic heterocycles. The lowest BCUT2D eigenvalue weighted by Gasteiger charge is -2.01. The summed E-state index contributed by atoms with van der Waals surface area (Å²) in [5.41, 5.74) is 0.744. The van der Waals surface area contributed by atoms with Gasteiger partial charge < -0.3 is 5.11 Å². The lowest BCUT2D eigenvalue weighted by molar-refractivity contribution is 0.281. The number of aromatic nitrogens is 2. The standard InChI is InChI=1S/C9H16N2O3S/c1-2-15(13,14)5-3-4-11-7-9(8-12)6-10-11/h6-7,12H,2-5,8H2,1H3. The highest BCUT2D eigenvalue weighted by atomic mass is 32.2. The summed E-state index contributed by atoms with van der Waals surface area (Å²) in [4.78, 5) is 0. The molecule has 0 aromatic carbocycles. The summed E-state index contributed by atoms with van der Waals surface area (Å²) < 4.78 is 24.0. The fraction of sp³-hybridized carbons (Fsp3) is 0.667. The lowest BCUT2D eigenvalue weighted by atomic mass is 10.4. The molecule has 1 heterocycles. The molecule has 1 rings (SSSR count). The van der Waals surface area contributed by atoms with Crippen molar-refractivity contribution in [2.75, 3.05) is 11.5 Å². The maximum absolute atomic E-state index is 11.2. The van der Waals surface area contributed by atoms with Crippen molar-refractivity contribution in [3.8, 4) is 0 Å². The molecule has 0 spiro atoms. The Bertz CT molecular complexity index is 397. The molecule has 0 unspecified atom stereocenters. The molecule has 0 amide bonds. The molecule has 0 radical (unpaired) electrons. The SMILES string of the molecule is CCS(=O)(=O)CCCn1cc(CO)cn1. The monoisotopic (exact) mass is 232 g/mol. The van der Waals surface area contributed by atoms with Crippen LogP contribution in [-0.4, -0.2) is 34.8 Å². The van der Waals surface area contributed by atoms with Crippen LogP contribution in [0.2, 0.25) is 0 Å². The van der Waals surface area contributed by atoms with Crippen molar-refractivity contribution in [1.29, 1.82) is 0 Å². The molecule has 6 heteroatoms. The first kappa shape index (κ1) is 12.2. The van der Waals surface area contributed by atoms with E-state index in [2.05, 4.69) is 5.10 Å². The smallest absolute Gasteiger partial charge is 0.150 e. The molecular formula is C9H16N2O3S. The Morgan fingerprint density at radius 3 is 2.80 bits per heavy atom. The Kier molecular flexibility index (Phi) is 4.28. The molecule has 1 aromatic rings. The van der Waals surface area contributed by atoms with Gasteiger partial charge in [0, 0.05) is 24.1 Å². The van der Waals surface area contributed by atoms with Gasteiger partial charge in [0.15, 0.2) is 0 Å². The number of nitrogens with zero attached hydrogens (tertiary/aromatic N) is 2. The van der Waals surface area contributed by atoms with Crippen molar-refractivity contribution in [1.82, 2.24) is 9.78 Å². The maximum Gasteiger partial charge on any atom is 0.150 e. The lowest BCUT2D eigenvalue weighted by Crippen LogP contribution is -2.11. The van der Waals surface area contributed by atoms with Crippen LogP contribution in [0.15, 0.2) is 12.4 Å². The van der Waals surface area contributed by atoms with Crippen molar-refractivity contribution >= 4 is 9.84 Å². The first-order valence-corrected chi connectivity index (χ1v) is 6.72. The largest absolute Gasteiger partial charge is 0.392 e. The van der Waals surface area contributed by atoms with E-state index < -0.39 is 9.84 Å². The van der Waals surface area contributed by atoms with Gasteiger partial charge in [-0.3, -0.25) is 4.68 Å². The number of sulfone groups is 1. The minimum atomic E-state index is -2.88. The molecule has 0 fully saturated rings. The van der Waals surface area contributed by atoms with E-state index in [4.69, 9.17) is 5.11 Å². The van der Waals surface area contributed by atoms with E-state index in [1.165, 1.54) is 0 Å². The molecule has 0 saturated carbocycles. The number of hydrogen-bond donors (Lipinski definition) is 1. The predicted molar refractivity (Wildman–Crippen MR) is 57.1 cm³/mol. The summed E-state index contributed by atoms with van der Waals surface area (Å²) in [6, 6.07) is 0. The van der Waals surface area contributed by atoms with Crippen LogP contribution >= 0.6 is 0 Å². The second-order valence-corrected chi connectivity index (χ2v) is 5.83. The van der Waals surface area contributed by atoms with Crippen molar-refractivity contribution < 1.29 is 13.5 Å². The van der Waals surface area contributed by atoms with Crippen molar-refractivity contribution in [3.63, 3.8) is 0 Å². The summed E-state index contributed by atoms with van der Waals surface area (Å²) in [6.07, 6.45) is 3.86. The van der Waals surface area contributed by atoms with Crippen LogP contribution in [-0.2, 0) is 23.0 Å². The van der Waals surface area contributed by atoms with Crippen LogP contribution in [0.1, 0.15) is 18.9 Å². The summed E-state index contributed by atoms with van der Waals surface area (Å²) in [6.45, 7) is 2.18. The van der Waals surface area contributed by atoms with Gasteiger partial charge in [0.2, 0.25) is 0 Å². The van der Waals surface area contributed by atoms with Gasteiger partial charge in [-0.05, 0) is 6.42 Å². The summed E-state index contributed by atoms with van der Waals surface area (Å²) in [5.74, 6) is 0.381. The summed E-state index contributed by atoms with van der Waals surface area (Å²) >= 11 is 0. The Balaban J connectivity index is 2.38. The van der Waals surface area contributed by atoms with Crippen LogP contribution in [0, 0.1) is 0 Å². The third-order valence-electron chi connectivity index (χ3n) is 2.15. The van der Waals surface area contributed by atoms with Crippen molar-refractivity contribution in [2.24, 2.45) is 0 Å². The fourth-order valence-electron chi connectivity index (χ4n) is 1.20. The second-order valence-electron chi connectivity index (χ2n) is 3.36. The highest BCUT2D eigenvalue weighted by molar-refractivity contribution is 7.91. The van der Waals surface area contributed by atoms with Gasteiger partial charge in [-0.2, -0.15) is 5.10 Å². The van der Waals surface area contributed by atoms with Crippen LogP contribution in [0.4, 0.5) is 0 Å². The average Bonchev–Trinajstić information content (AvgIpc) is 2.66. The van der Waals surface area contributed by atoms with Gasteiger partial charge in [0.25, 0.3) is 0 Å². The van der Waals surface area contributed by atoms with Gasteiger partial charge in [-0.15, -0.1) is 0 Å². The van der Waals surface area contributed by atoms with Gasteiger partial charge in [-0.25, -0.2) is 8.42 Å². The quantitative estimate of drug-likeness (QED) is 0.760. The van der Waals surface area contributed by atoms with E-state index in [1.54, 1.807) is 24.0 Å². The van der Waals surface area contributed by atoms with Crippen LogP contribution < -0.4 is 0 Å². The molecule has 0 bridgehead atoms. The van der Waals surface area contributed by atoms with E-state index in [1.807, 2.05) is 0 Å². The molecule has 0 aliphatic carbocycles. The van der Waals surface area contributed by atoms with Crippen molar-refractivity contribution in [3.05, 3.63) is 18.0 Å². The highest BCUT2D eigenvalue weighted by Gasteiger charge is 2.06. The van der Waals surface area contributed by atoms with Gasteiger partial charge in [0.05, 0.1) is 18.6 Å². The highest BCUT2D eigenvalue weighted by Crippen LogP contribution is 2.00. The zero-order valence-corrected chi connectivity index (χ0v) is 9.57. The number of aryl methyl sites for hydroxylation is 1. The van der Waals surface area contributed by atoms with E-state index in [0.717, 1.165) is 5.56 Å². The zero-order chi connectivity index (χ0) is 11.3. The number of aliphatic hydroxyl groups excluding tert-OH is 1. The number of hydrogen-bond acceptors (Lipinski definition) is 4. The van der Waals surface area contributed by atoms with E-state index in [-0.39, 0.29) is 18.1 Å². The van der Waals surface area contributed by atoms with E-state index in [9.17, 15) is 8.42 Å². The molecule has 1 N–H and O–H groups in total. The molecule has 5 nitrogen and oxygen atoms in total. The fourth-order valence-corrected chi connectivity index (χ4v) is 2.06. The molecular weight excluding hydrogens is 216 g/mol. The zero-order valence-electron chi connectivity index (χ0n) is 8.76. The van der Waals surface area contributed by atoms with Crippen LogP contribution in [0.3, 0.4) is 0 Å². The van der Waals surface area contributed by atoms with Crippen molar-refractivity contribution in [2.45, 2.75) is 26.5 Å². The van der Waals surface area contributed by atoms with E-state index in [0.29, 0.717) is 13.0 Å².